The van der Waals surface area contributed by atoms with Gasteiger partial charge in [0, 0.05) is 5.71 Å². The van der Waals surface area contributed by atoms with Crippen molar-refractivity contribution >= 4 is 38.3 Å². The molecule has 1 atom stereocenters. The smallest absolute Gasteiger partial charge is 0.277 e. The Hall–Kier alpha value is -1.88. The van der Waals surface area contributed by atoms with Crippen molar-refractivity contribution in [1.29, 1.82) is 0 Å². The summed E-state index contributed by atoms with van der Waals surface area (Å²) in [6.45, 7) is 2.17. The van der Waals surface area contributed by atoms with Gasteiger partial charge in [-0.1, -0.05) is 37.3 Å². The van der Waals surface area contributed by atoms with Crippen molar-refractivity contribution in [2.45, 2.75) is 32.6 Å². The molecule has 1 saturated carbocycles. The Labute approximate surface area is 150 Å². The largest absolute Gasteiger partial charge is 0.483 e. The van der Waals surface area contributed by atoms with Crippen molar-refractivity contribution in [1.82, 2.24) is 5.43 Å². The van der Waals surface area contributed by atoms with E-state index >= 15 is 0 Å². The van der Waals surface area contributed by atoms with Crippen molar-refractivity contribution in [3.05, 3.63) is 40.9 Å². The van der Waals surface area contributed by atoms with Crippen molar-refractivity contribution in [2.24, 2.45) is 11.0 Å². The molecule has 0 heterocycles. The second-order valence-electron chi connectivity index (χ2n) is 6.30. The number of halogens is 1. The molecule has 0 saturated heterocycles. The molecule has 0 aliphatic heterocycles. The zero-order chi connectivity index (χ0) is 16.9. The van der Waals surface area contributed by atoms with Crippen LogP contribution in [0.25, 0.3) is 10.8 Å². The average Bonchev–Trinajstić information content (AvgIpc) is 2.60. The maximum atomic E-state index is 12.0. The summed E-state index contributed by atoms with van der Waals surface area (Å²) in [5.74, 6) is 1.07. The van der Waals surface area contributed by atoms with E-state index in [0.717, 1.165) is 40.2 Å². The van der Waals surface area contributed by atoms with Crippen molar-refractivity contribution < 1.29 is 9.53 Å². The van der Waals surface area contributed by atoms with Gasteiger partial charge < -0.3 is 4.74 Å². The Morgan fingerprint density at radius 1 is 1.33 bits per heavy atom. The number of carbonyl (C=O) groups excluding carboxylic acids is 1. The van der Waals surface area contributed by atoms with Gasteiger partial charge in [-0.25, -0.2) is 5.43 Å². The van der Waals surface area contributed by atoms with E-state index in [9.17, 15) is 4.79 Å². The fraction of sp³-hybridized carbons (Fsp3) is 0.368. The van der Waals surface area contributed by atoms with Crippen molar-refractivity contribution in [3.63, 3.8) is 0 Å². The van der Waals surface area contributed by atoms with Crippen LogP contribution in [0.5, 0.6) is 5.75 Å². The Kier molecular flexibility index (Phi) is 5.51. The van der Waals surface area contributed by atoms with Gasteiger partial charge in [-0.3, -0.25) is 4.79 Å². The average molecular weight is 389 g/mol. The first-order valence-corrected chi connectivity index (χ1v) is 9.07. The Morgan fingerprint density at radius 3 is 3.00 bits per heavy atom. The standard InChI is InChI=1S/C19H21BrN2O2/c1-13-5-4-7-15(11-13)21-22-18(23)12-24-17-10-9-14-6-2-3-8-16(14)19(17)20/h2-3,6,8-10,13H,4-5,7,11-12H2,1H3,(H,22,23)/b21-15+. The number of nitrogens with one attached hydrogen (secondary N) is 1. The molecule has 1 N–H and O–H groups in total. The van der Waals surface area contributed by atoms with Crippen LogP contribution in [-0.2, 0) is 4.79 Å². The van der Waals surface area contributed by atoms with E-state index in [0.29, 0.717) is 11.7 Å². The molecule has 0 spiro atoms. The van der Waals surface area contributed by atoms with E-state index < -0.39 is 0 Å². The normalized spacial score (nSPS) is 19.4. The van der Waals surface area contributed by atoms with E-state index in [1.807, 2.05) is 36.4 Å². The number of nitrogens with zero attached hydrogens (tertiary/aromatic N) is 1. The molecule has 2 aromatic carbocycles. The first kappa shape index (κ1) is 17.0. The van der Waals surface area contributed by atoms with Gasteiger partial charge in [0.15, 0.2) is 6.61 Å². The number of hydrogen-bond acceptors (Lipinski definition) is 3. The maximum absolute atomic E-state index is 12.0. The minimum absolute atomic E-state index is 0.0523. The second-order valence-corrected chi connectivity index (χ2v) is 7.10. The van der Waals surface area contributed by atoms with Crippen LogP contribution in [0.3, 0.4) is 0 Å². The van der Waals surface area contributed by atoms with Crippen LogP contribution in [0.2, 0.25) is 0 Å². The quantitative estimate of drug-likeness (QED) is 0.773. The van der Waals surface area contributed by atoms with E-state index in [2.05, 4.69) is 33.4 Å². The topological polar surface area (TPSA) is 50.7 Å². The first-order valence-electron chi connectivity index (χ1n) is 8.28. The summed E-state index contributed by atoms with van der Waals surface area (Å²) < 4.78 is 6.50. The zero-order valence-corrected chi connectivity index (χ0v) is 15.3. The highest BCUT2D eigenvalue weighted by Crippen LogP contribution is 2.32. The predicted octanol–water partition coefficient (Wildman–Crippen LogP) is 4.66. The number of ether oxygens (including phenoxy) is 1. The summed E-state index contributed by atoms with van der Waals surface area (Å²) in [5.41, 5.74) is 3.69. The third-order valence-electron chi connectivity index (χ3n) is 4.27. The molecular formula is C19H21BrN2O2. The highest BCUT2D eigenvalue weighted by Gasteiger charge is 2.14. The van der Waals surface area contributed by atoms with Gasteiger partial charge >= 0.3 is 0 Å². The number of amides is 1. The molecule has 1 fully saturated rings. The molecule has 0 radical (unpaired) electrons. The van der Waals surface area contributed by atoms with Gasteiger partial charge in [-0.2, -0.15) is 5.10 Å². The van der Waals surface area contributed by atoms with Crippen molar-refractivity contribution in [3.8, 4) is 5.75 Å². The minimum atomic E-state index is -0.235. The summed E-state index contributed by atoms with van der Waals surface area (Å²) in [7, 11) is 0. The molecule has 126 valence electrons. The van der Waals surface area contributed by atoms with Crippen LogP contribution >= 0.6 is 15.9 Å². The lowest BCUT2D eigenvalue weighted by atomic mass is 9.89. The number of rotatable bonds is 4. The molecule has 1 unspecified atom stereocenters. The van der Waals surface area contributed by atoms with Gasteiger partial charge in [0.1, 0.15) is 5.75 Å². The van der Waals surface area contributed by atoms with Gasteiger partial charge in [0.05, 0.1) is 4.47 Å². The molecule has 5 heteroatoms. The van der Waals surface area contributed by atoms with Crippen LogP contribution < -0.4 is 10.2 Å². The van der Waals surface area contributed by atoms with Crippen molar-refractivity contribution in [2.75, 3.05) is 6.61 Å². The van der Waals surface area contributed by atoms with E-state index in [1.54, 1.807) is 0 Å². The lowest BCUT2D eigenvalue weighted by molar-refractivity contribution is -0.123. The number of hydrazone groups is 1. The van der Waals surface area contributed by atoms with Crippen LogP contribution in [0, 0.1) is 5.92 Å². The highest BCUT2D eigenvalue weighted by molar-refractivity contribution is 9.10. The monoisotopic (exact) mass is 388 g/mol. The molecule has 0 bridgehead atoms. The minimum Gasteiger partial charge on any atom is -0.483 e. The fourth-order valence-corrected chi connectivity index (χ4v) is 3.61. The molecule has 24 heavy (non-hydrogen) atoms. The van der Waals surface area contributed by atoms with E-state index in [-0.39, 0.29) is 12.5 Å². The number of carbonyl (C=O) groups is 1. The van der Waals surface area contributed by atoms with E-state index in [4.69, 9.17) is 4.74 Å². The number of benzene rings is 2. The van der Waals surface area contributed by atoms with Crippen LogP contribution in [0.15, 0.2) is 46.0 Å². The molecule has 1 aliphatic rings. The van der Waals surface area contributed by atoms with Gasteiger partial charge in [-0.05, 0) is 64.4 Å². The SMILES string of the molecule is CC1CCC/C(=N\NC(=O)COc2ccc3ccccc3c2Br)C1. The molecule has 1 amide bonds. The number of hydrogen-bond donors (Lipinski definition) is 1. The van der Waals surface area contributed by atoms with Gasteiger partial charge in [-0.15, -0.1) is 0 Å². The Bertz CT molecular complexity index is 773. The third-order valence-corrected chi connectivity index (χ3v) is 5.09. The lowest BCUT2D eigenvalue weighted by Crippen LogP contribution is -2.27. The van der Waals surface area contributed by atoms with Crippen LogP contribution in [0.1, 0.15) is 32.6 Å². The van der Waals surface area contributed by atoms with E-state index in [1.165, 1.54) is 6.42 Å². The van der Waals surface area contributed by atoms with Gasteiger partial charge in [0.2, 0.25) is 0 Å². The molecule has 2 aromatic rings. The molecular weight excluding hydrogens is 368 g/mol. The van der Waals surface area contributed by atoms with Gasteiger partial charge in [0.25, 0.3) is 5.91 Å². The summed E-state index contributed by atoms with van der Waals surface area (Å²) in [4.78, 5) is 12.0. The summed E-state index contributed by atoms with van der Waals surface area (Å²) in [6, 6.07) is 11.9. The first-order chi connectivity index (χ1) is 11.6. The maximum Gasteiger partial charge on any atom is 0.277 e. The summed E-state index contributed by atoms with van der Waals surface area (Å²) in [6.07, 6.45) is 4.33. The van der Waals surface area contributed by atoms with Crippen LogP contribution in [-0.4, -0.2) is 18.2 Å². The zero-order valence-electron chi connectivity index (χ0n) is 13.7. The summed E-state index contributed by atoms with van der Waals surface area (Å²) >= 11 is 3.56. The van der Waals surface area contributed by atoms with Crippen LogP contribution in [0.4, 0.5) is 0 Å². The Balaban J connectivity index is 1.58. The summed E-state index contributed by atoms with van der Waals surface area (Å²) in [5, 5.41) is 6.43. The molecule has 0 aromatic heterocycles. The number of fused-ring (bicyclic) bond motifs is 1. The Morgan fingerprint density at radius 2 is 2.17 bits per heavy atom. The second kappa shape index (κ2) is 7.79. The predicted molar refractivity (Wildman–Crippen MR) is 100 cm³/mol. The lowest BCUT2D eigenvalue weighted by Gasteiger charge is -2.19. The third kappa shape index (κ3) is 4.15. The molecule has 4 nitrogen and oxygen atoms in total. The molecule has 1 aliphatic carbocycles. The highest BCUT2D eigenvalue weighted by atomic mass is 79.9. The fourth-order valence-electron chi connectivity index (χ4n) is 3.00. The molecule has 3 rings (SSSR count).